The van der Waals surface area contributed by atoms with Crippen LogP contribution < -0.4 is 0 Å². The van der Waals surface area contributed by atoms with Crippen LogP contribution in [0.4, 0.5) is 0 Å². The van der Waals surface area contributed by atoms with E-state index in [1.807, 2.05) is 18.2 Å². The molecule has 0 bridgehead atoms. The van der Waals surface area contributed by atoms with Gasteiger partial charge in [0.2, 0.25) is 6.54 Å². The summed E-state index contributed by atoms with van der Waals surface area (Å²) < 4.78 is 0. The molecule has 0 amide bonds. The maximum atomic E-state index is 10.5. The second kappa shape index (κ2) is 5.77. The number of benzene rings is 1. The van der Waals surface area contributed by atoms with Crippen LogP contribution in [0.5, 0.6) is 0 Å². The Morgan fingerprint density at radius 2 is 2.12 bits per heavy atom. The predicted octanol–water partition coefficient (Wildman–Crippen LogP) is 2.18. The molecule has 1 aromatic rings. The zero-order valence-electron chi connectivity index (χ0n) is 9.92. The quantitative estimate of drug-likeness (QED) is 0.592. The minimum atomic E-state index is -0.184. The van der Waals surface area contributed by atoms with E-state index in [1.54, 1.807) is 0 Å². The van der Waals surface area contributed by atoms with E-state index in [4.69, 9.17) is 0 Å². The molecule has 0 spiro atoms. The fourth-order valence-corrected chi connectivity index (χ4v) is 2.50. The Morgan fingerprint density at radius 1 is 1.35 bits per heavy atom. The third-order valence-corrected chi connectivity index (χ3v) is 3.26. The fraction of sp³-hybridized carbons (Fsp3) is 0.538. The lowest BCUT2D eigenvalue weighted by Crippen LogP contribution is -2.37. The Balaban J connectivity index is 1.87. The molecule has 4 heteroatoms. The molecule has 1 aliphatic rings. The van der Waals surface area contributed by atoms with Crippen LogP contribution in [0.15, 0.2) is 30.3 Å². The van der Waals surface area contributed by atoms with Crippen molar-refractivity contribution in [1.82, 2.24) is 4.90 Å². The predicted molar refractivity (Wildman–Crippen MR) is 66.3 cm³/mol. The van der Waals surface area contributed by atoms with Crippen molar-refractivity contribution in [2.75, 3.05) is 19.6 Å². The second-order valence-electron chi connectivity index (χ2n) is 4.74. The molecular weight excluding hydrogens is 216 g/mol. The van der Waals surface area contributed by atoms with E-state index in [0.717, 1.165) is 32.5 Å². The summed E-state index contributed by atoms with van der Waals surface area (Å²) in [6.07, 6.45) is 2.07. The van der Waals surface area contributed by atoms with Crippen molar-refractivity contribution in [3.63, 3.8) is 0 Å². The molecule has 4 nitrogen and oxygen atoms in total. The summed E-state index contributed by atoms with van der Waals surface area (Å²) in [7, 11) is 0. The van der Waals surface area contributed by atoms with Crippen molar-refractivity contribution < 1.29 is 4.92 Å². The van der Waals surface area contributed by atoms with Gasteiger partial charge in [-0.1, -0.05) is 30.3 Å². The highest BCUT2D eigenvalue weighted by molar-refractivity contribution is 5.14. The average Bonchev–Trinajstić information content (AvgIpc) is 2.30. The summed E-state index contributed by atoms with van der Waals surface area (Å²) in [6.45, 7) is 2.94. The molecule has 92 valence electrons. The summed E-state index contributed by atoms with van der Waals surface area (Å²) in [6, 6.07) is 10.3. The number of hydrogen-bond acceptors (Lipinski definition) is 3. The van der Waals surface area contributed by atoms with Crippen LogP contribution in [-0.2, 0) is 6.54 Å². The molecule has 17 heavy (non-hydrogen) atoms. The highest BCUT2D eigenvalue weighted by Crippen LogP contribution is 2.18. The van der Waals surface area contributed by atoms with Gasteiger partial charge < -0.3 is 0 Å². The molecule has 0 saturated carbocycles. The van der Waals surface area contributed by atoms with Crippen molar-refractivity contribution in [3.8, 4) is 0 Å². The van der Waals surface area contributed by atoms with Crippen LogP contribution in [0.25, 0.3) is 0 Å². The first-order valence-corrected chi connectivity index (χ1v) is 6.12. The summed E-state index contributed by atoms with van der Waals surface area (Å²) in [5.41, 5.74) is 1.29. The summed E-state index contributed by atoms with van der Waals surface area (Å²) in [5.74, 6) is 0.225. The summed E-state index contributed by atoms with van der Waals surface area (Å²) >= 11 is 0. The number of nitrogens with zero attached hydrogens (tertiary/aromatic N) is 2. The first-order valence-electron chi connectivity index (χ1n) is 6.12. The standard InChI is InChI=1S/C13H18N2O2/c16-15(17)11-13-7-4-8-14(10-13)9-12-5-2-1-3-6-12/h1-3,5-6,13H,4,7-11H2. The third kappa shape index (κ3) is 3.82. The van der Waals surface area contributed by atoms with Crippen LogP contribution in [0.3, 0.4) is 0 Å². The van der Waals surface area contributed by atoms with Crippen LogP contribution in [0, 0.1) is 16.0 Å². The van der Waals surface area contributed by atoms with E-state index < -0.39 is 0 Å². The van der Waals surface area contributed by atoms with Gasteiger partial charge in [0.1, 0.15) is 0 Å². The van der Waals surface area contributed by atoms with Gasteiger partial charge in [-0.25, -0.2) is 0 Å². The monoisotopic (exact) mass is 234 g/mol. The second-order valence-corrected chi connectivity index (χ2v) is 4.74. The summed E-state index contributed by atoms with van der Waals surface area (Å²) in [5, 5.41) is 10.5. The highest BCUT2D eigenvalue weighted by Gasteiger charge is 2.23. The van der Waals surface area contributed by atoms with Crippen molar-refractivity contribution in [1.29, 1.82) is 0 Å². The average molecular weight is 234 g/mol. The topological polar surface area (TPSA) is 46.4 Å². The Morgan fingerprint density at radius 3 is 2.82 bits per heavy atom. The van der Waals surface area contributed by atoms with Gasteiger partial charge in [-0.2, -0.15) is 0 Å². The lowest BCUT2D eigenvalue weighted by molar-refractivity contribution is -0.489. The maximum absolute atomic E-state index is 10.5. The van der Waals surface area contributed by atoms with E-state index in [-0.39, 0.29) is 17.4 Å². The molecule has 0 radical (unpaired) electrons. The van der Waals surface area contributed by atoms with Crippen LogP contribution >= 0.6 is 0 Å². The zero-order chi connectivity index (χ0) is 12.1. The third-order valence-electron chi connectivity index (χ3n) is 3.26. The Hall–Kier alpha value is -1.42. The number of rotatable bonds is 4. The van der Waals surface area contributed by atoms with Gasteiger partial charge in [-0.3, -0.25) is 15.0 Å². The first-order chi connectivity index (χ1) is 8.24. The molecule has 1 aliphatic heterocycles. The van der Waals surface area contributed by atoms with Crippen molar-refractivity contribution >= 4 is 0 Å². The van der Waals surface area contributed by atoms with Gasteiger partial charge in [-0.05, 0) is 24.9 Å². The van der Waals surface area contributed by atoms with Gasteiger partial charge >= 0.3 is 0 Å². The largest absolute Gasteiger partial charge is 0.299 e. The van der Waals surface area contributed by atoms with Crippen molar-refractivity contribution in [2.45, 2.75) is 19.4 Å². The summed E-state index contributed by atoms with van der Waals surface area (Å²) in [4.78, 5) is 12.7. The fourth-order valence-electron chi connectivity index (χ4n) is 2.50. The van der Waals surface area contributed by atoms with Gasteiger partial charge in [0.05, 0.1) is 0 Å². The van der Waals surface area contributed by atoms with E-state index >= 15 is 0 Å². The minimum absolute atomic E-state index is 0.116. The number of hydrogen-bond donors (Lipinski definition) is 0. The molecule has 1 fully saturated rings. The Bertz CT molecular complexity index is 367. The minimum Gasteiger partial charge on any atom is -0.299 e. The van der Waals surface area contributed by atoms with Crippen LogP contribution in [-0.4, -0.2) is 29.5 Å². The molecule has 1 heterocycles. The molecule has 1 saturated heterocycles. The molecule has 1 atom stereocenters. The van der Waals surface area contributed by atoms with Crippen LogP contribution in [0.1, 0.15) is 18.4 Å². The van der Waals surface area contributed by atoms with Crippen LogP contribution in [0.2, 0.25) is 0 Å². The molecular formula is C13H18N2O2. The van der Waals surface area contributed by atoms with Gasteiger partial charge in [0, 0.05) is 23.9 Å². The lowest BCUT2D eigenvalue weighted by atomic mass is 9.98. The molecule has 0 aliphatic carbocycles. The number of piperidine rings is 1. The van der Waals surface area contributed by atoms with E-state index in [1.165, 1.54) is 5.56 Å². The van der Waals surface area contributed by atoms with Crippen molar-refractivity contribution in [3.05, 3.63) is 46.0 Å². The normalized spacial score (nSPS) is 21.3. The van der Waals surface area contributed by atoms with Crippen molar-refractivity contribution in [2.24, 2.45) is 5.92 Å². The number of likely N-dealkylation sites (tertiary alicyclic amines) is 1. The highest BCUT2D eigenvalue weighted by atomic mass is 16.6. The lowest BCUT2D eigenvalue weighted by Gasteiger charge is -2.30. The Kier molecular flexibility index (Phi) is 4.09. The Labute approximate surface area is 101 Å². The molecule has 1 aromatic carbocycles. The maximum Gasteiger partial charge on any atom is 0.207 e. The van der Waals surface area contributed by atoms with E-state index in [2.05, 4.69) is 17.0 Å². The molecule has 2 rings (SSSR count). The first kappa shape index (κ1) is 12.0. The smallest absolute Gasteiger partial charge is 0.207 e. The molecule has 0 aromatic heterocycles. The van der Waals surface area contributed by atoms with Gasteiger partial charge in [0.15, 0.2) is 0 Å². The van der Waals surface area contributed by atoms with Gasteiger partial charge in [-0.15, -0.1) is 0 Å². The number of nitro groups is 1. The molecule has 0 N–H and O–H groups in total. The molecule has 1 unspecified atom stereocenters. The van der Waals surface area contributed by atoms with E-state index in [0.29, 0.717) is 0 Å². The zero-order valence-corrected chi connectivity index (χ0v) is 9.92. The SMILES string of the molecule is O=[N+]([O-])CC1CCCN(Cc2ccccc2)C1. The van der Waals surface area contributed by atoms with Gasteiger partial charge in [0.25, 0.3) is 0 Å². The van der Waals surface area contributed by atoms with E-state index in [9.17, 15) is 10.1 Å².